The van der Waals surface area contributed by atoms with Gasteiger partial charge in [-0.1, -0.05) is 34.1 Å². The summed E-state index contributed by atoms with van der Waals surface area (Å²) < 4.78 is 0.968. The fourth-order valence-electron chi connectivity index (χ4n) is 6.58. The maximum absolute atomic E-state index is 13.5. The van der Waals surface area contributed by atoms with E-state index in [0.29, 0.717) is 23.3 Å². The third-order valence-corrected chi connectivity index (χ3v) is 7.91. The highest BCUT2D eigenvalue weighted by molar-refractivity contribution is 9.10. The second-order valence-electron chi connectivity index (χ2n) is 9.55. The van der Waals surface area contributed by atoms with Crippen LogP contribution in [-0.2, 0) is 4.79 Å². The lowest BCUT2D eigenvalue weighted by Crippen LogP contribution is -2.61. The molecule has 2 aromatic carbocycles. The first-order valence-electron chi connectivity index (χ1n) is 10.9. The van der Waals surface area contributed by atoms with E-state index in [1.165, 1.54) is 19.3 Å². The van der Waals surface area contributed by atoms with Crippen molar-refractivity contribution < 1.29 is 9.59 Å². The van der Waals surface area contributed by atoms with Crippen molar-refractivity contribution in [2.45, 2.75) is 44.6 Å². The second-order valence-corrected chi connectivity index (χ2v) is 10.5. The zero-order valence-corrected chi connectivity index (χ0v) is 18.5. The van der Waals surface area contributed by atoms with Crippen molar-refractivity contribution >= 4 is 33.4 Å². The summed E-state index contributed by atoms with van der Waals surface area (Å²) >= 11 is 3.44. The number of rotatable bonds is 5. The van der Waals surface area contributed by atoms with Gasteiger partial charge >= 0.3 is 0 Å². The third kappa shape index (κ3) is 3.80. The number of carbonyl (C=O) groups excluding carboxylic acids is 2. The Kier molecular flexibility index (Phi) is 5.18. The molecule has 4 bridgehead atoms. The number of anilines is 1. The number of halogens is 1. The molecule has 4 aliphatic carbocycles. The predicted octanol–water partition coefficient (Wildman–Crippen LogP) is 5.40. The minimum atomic E-state index is -0.512. The van der Waals surface area contributed by atoms with E-state index in [1.54, 1.807) is 12.1 Å². The molecule has 4 saturated carbocycles. The Balaban J connectivity index is 1.43. The summed E-state index contributed by atoms with van der Waals surface area (Å²) in [6.07, 6.45) is 7.04. The minimum Gasteiger partial charge on any atom is -0.340 e. The highest BCUT2D eigenvalue weighted by atomic mass is 79.9. The van der Waals surface area contributed by atoms with Crippen LogP contribution in [0.3, 0.4) is 0 Å². The Morgan fingerprint density at radius 3 is 2.00 bits per heavy atom. The fourth-order valence-corrected chi connectivity index (χ4v) is 6.84. The van der Waals surface area contributed by atoms with E-state index >= 15 is 0 Å². The molecule has 4 aliphatic rings. The molecule has 2 amide bonds. The van der Waals surface area contributed by atoms with Gasteiger partial charge in [0, 0.05) is 21.1 Å². The number of hydrogen-bond donors (Lipinski definition) is 2. The Labute approximate surface area is 186 Å². The minimum absolute atomic E-state index is 0.0939. The van der Waals surface area contributed by atoms with Crippen LogP contribution in [0.5, 0.6) is 0 Å². The molecular formula is C25H27BrN2O2. The van der Waals surface area contributed by atoms with Crippen molar-refractivity contribution in [2.75, 3.05) is 5.32 Å². The zero-order chi connectivity index (χ0) is 20.7. The molecule has 0 radical (unpaired) electrons. The number of amides is 2. The highest BCUT2D eigenvalue weighted by Crippen LogP contribution is 2.61. The van der Waals surface area contributed by atoms with Crippen LogP contribution in [0.2, 0.25) is 0 Å². The summed E-state index contributed by atoms with van der Waals surface area (Å²) in [5.41, 5.74) is 1.23. The van der Waals surface area contributed by atoms with Gasteiger partial charge < -0.3 is 10.6 Å². The molecule has 0 saturated heterocycles. The summed E-state index contributed by atoms with van der Waals surface area (Å²) in [5.74, 6) is 1.85. The van der Waals surface area contributed by atoms with Crippen LogP contribution in [0.1, 0.15) is 48.9 Å². The molecule has 6 rings (SSSR count). The van der Waals surface area contributed by atoms with Gasteiger partial charge in [0.2, 0.25) is 5.91 Å². The first-order valence-corrected chi connectivity index (χ1v) is 11.7. The third-order valence-electron chi connectivity index (χ3n) is 7.38. The smallest absolute Gasteiger partial charge is 0.251 e. The Bertz CT molecular complexity index is 906. The number of carbonyl (C=O) groups is 2. The monoisotopic (exact) mass is 466 g/mol. The van der Waals surface area contributed by atoms with Crippen LogP contribution >= 0.6 is 15.9 Å². The van der Waals surface area contributed by atoms with Crippen LogP contribution in [0.15, 0.2) is 59.1 Å². The molecule has 1 atom stereocenters. The topological polar surface area (TPSA) is 58.2 Å². The van der Waals surface area contributed by atoms with Crippen molar-refractivity contribution in [3.05, 3.63) is 64.6 Å². The number of nitrogens with one attached hydrogen (secondary N) is 2. The molecule has 0 heterocycles. The Morgan fingerprint density at radius 1 is 0.867 bits per heavy atom. The standard InChI is InChI=1S/C25H27BrN2O2/c26-20-6-8-21(9-7-20)27-24(30)22(28-23(29)19-4-2-1-3-5-19)25-13-16-10-17(14-25)12-18(11-16)15-25/h1-9,16-18,22H,10-15H2,(H,27,30)(H,28,29). The summed E-state index contributed by atoms with van der Waals surface area (Å²) in [7, 11) is 0. The van der Waals surface area contributed by atoms with Gasteiger partial charge in [0.1, 0.15) is 6.04 Å². The van der Waals surface area contributed by atoms with E-state index in [4.69, 9.17) is 0 Å². The maximum atomic E-state index is 13.5. The average molecular weight is 467 g/mol. The summed E-state index contributed by atoms with van der Waals surface area (Å²) in [5, 5.41) is 6.24. The average Bonchev–Trinajstić information content (AvgIpc) is 2.73. The van der Waals surface area contributed by atoms with Gasteiger partial charge in [0.15, 0.2) is 0 Å². The van der Waals surface area contributed by atoms with Gasteiger partial charge in [0.25, 0.3) is 5.91 Å². The molecule has 5 heteroatoms. The molecule has 2 N–H and O–H groups in total. The SMILES string of the molecule is O=C(NC(C(=O)Nc1ccc(Br)cc1)C12CC3CC(CC(C3)C1)C2)c1ccccc1. The van der Waals surface area contributed by atoms with Gasteiger partial charge in [-0.2, -0.15) is 0 Å². The normalized spacial score (nSPS) is 30.0. The quantitative estimate of drug-likeness (QED) is 0.619. The van der Waals surface area contributed by atoms with Gasteiger partial charge in [-0.15, -0.1) is 0 Å². The van der Waals surface area contributed by atoms with E-state index in [2.05, 4.69) is 26.6 Å². The van der Waals surface area contributed by atoms with E-state index in [1.807, 2.05) is 42.5 Å². The van der Waals surface area contributed by atoms with E-state index in [9.17, 15) is 9.59 Å². The Morgan fingerprint density at radius 2 is 1.43 bits per heavy atom. The molecule has 4 fully saturated rings. The number of benzene rings is 2. The van der Waals surface area contributed by atoms with Crippen molar-refractivity contribution in [1.82, 2.24) is 5.32 Å². The molecular weight excluding hydrogens is 440 g/mol. The van der Waals surface area contributed by atoms with Crippen LogP contribution in [-0.4, -0.2) is 17.9 Å². The summed E-state index contributed by atoms with van der Waals surface area (Å²) in [6, 6.07) is 16.3. The van der Waals surface area contributed by atoms with Crippen LogP contribution < -0.4 is 10.6 Å². The summed E-state index contributed by atoms with van der Waals surface area (Å²) in [6.45, 7) is 0. The second kappa shape index (κ2) is 7.84. The molecule has 0 aromatic heterocycles. The van der Waals surface area contributed by atoms with Crippen molar-refractivity contribution in [3.63, 3.8) is 0 Å². The lowest BCUT2D eigenvalue weighted by atomic mass is 9.47. The molecule has 1 unspecified atom stereocenters. The predicted molar refractivity (Wildman–Crippen MR) is 121 cm³/mol. The van der Waals surface area contributed by atoms with Crippen molar-refractivity contribution in [3.8, 4) is 0 Å². The van der Waals surface area contributed by atoms with Gasteiger partial charge in [-0.25, -0.2) is 0 Å². The van der Waals surface area contributed by atoms with Gasteiger partial charge in [-0.3, -0.25) is 9.59 Å². The van der Waals surface area contributed by atoms with Gasteiger partial charge in [0.05, 0.1) is 0 Å². The molecule has 4 nitrogen and oxygen atoms in total. The molecule has 156 valence electrons. The molecule has 30 heavy (non-hydrogen) atoms. The first kappa shape index (κ1) is 19.8. The van der Waals surface area contributed by atoms with Gasteiger partial charge in [-0.05, 0) is 92.7 Å². The molecule has 0 spiro atoms. The van der Waals surface area contributed by atoms with E-state index in [-0.39, 0.29) is 17.2 Å². The fraction of sp³-hybridized carbons (Fsp3) is 0.440. The zero-order valence-electron chi connectivity index (χ0n) is 16.9. The lowest BCUT2D eigenvalue weighted by molar-refractivity contribution is -0.129. The molecule has 2 aromatic rings. The highest BCUT2D eigenvalue weighted by Gasteiger charge is 2.56. The Hall–Kier alpha value is -2.14. The van der Waals surface area contributed by atoms with Crippen LogP contribution in [0.25, 0.3) is 0 Å². The van der Waals surface area contributed by atoms with E-state index in [0.717, 1.165) is 29.4 Å². The maximum Gasteiger partial charge on any atom is 0.251 e. The first-order chi connectivity index (χ1) is 14.5. The largest absolute Gasteiger partial charge is 0.340 e. The van der Waals surface area contributed by atoms with Crippen LogP contribution in [0, 0.1) is 23.2 Å². The van der Waals surface area contributed by atoms with Crippen molar-refractivity contribution in [1.29, 1.82) is 0 Å². The molecule has 0 aliphatic heterocycles. The van der Waals surface area contributed by atoms with Crippen molar-refractivity contribution in [2.24, 2.45) is 23.2 Å². The number of hydrogen-bond acceptors (Lipinski definition) is 2. The van der Waals surface area contributed by atoms with E-state index < -0.39 is 6.04 Å². The lowest BCUT2D eigenvalue weighted by Gasteiger charge is -2.58. The summed E-state index contributed by atoms with van der Waals surface area (Å²) in [4.78, 5) is 26.6. The van der Waals surface area contributed by atoms with Crippen LogP contribution in [0.4, 0.5) is 5.69 Å².